The van der Waals surface area contributed by atoms with Crippen molar-refractivity contribution in [3.05, 3.63) is 67.0 Å². The second-order valence-corrected chi connectivity index (χ2v) is 25.3. The molecular formula is C23H34N3O7PS3Si. The van der Waals surface area contributed by atoms with Crippen LogP contribution in [0.1, 0.15) is 39.0 Å². The molecule has 1 fully saturated rings. The first kappa shape index (κ1) is 31.3. The highest BCUT2D eigenvalue weighted by Gasteiger charge is 2.43. The second kappa shape index (κ2) is 12.1. The molecule has 1 aromatic carbocycles. The summed E-state index contributed by atoms with van der Waals surface area (Å²) >= 11 is 5.85. The van der Waals surface area contributed by atoms with E-state index in [0.717, 1.165) is 4.90 Å². The van der Waals surface area contributed by atoms with Crippen LogP contribution in [0, 0.1) is 17.0 Å². The molecule has 0 amide bonds. The number of rotatable bonds is 10. The van der Waals surface area contributed by atoms with E-state index in [1.165, 1.54) is 44.1 Å². The van der Waals surface area contributed by atoms with Crippen LogP contribution >= 0.6 is 26.7 Å². The Kier molecular flexibility index (Phi) is 9.95. The summed E-state index contributed by atoms with van der Waals surface area (Å²) < 4.78 is 20.6. The van der Waals surface area contributed by atoms with Gasteiger partial charge in [-0.05, 0) is 54.3 Å². The summed E-state index contributed by atoms with van der Waals surface area (Å²) in [4.78, 5) is 38.1. The van der Waals surface area contributed by atoms with E-state index in [-0.39, 0.29) is 10.7 Å². The maximum Gasteiger partial charge on any atom is 0.330 e. The molecule has 210 valence electrons. The van der Waals surface area contributed by atoms with Crippen LogP contribution in [0.25, 0.3) is 0 Å². The second-order valence-electron chi connectivity index (χ2n) is 10.7. The van der Waals surface area contributed by atoms with E-state index in [0.29, 0.717) is 18.6 Å². The van der Waals surface area contributed by atoms with Crippen molar-refractivity contribution in [3.63, 3.8) is 0 Å². The number of nitro groups is 1. The molecule has 10 nitrogen and oxygen atoms in total. The molecule has 15 heteroatoms. The quantitative estimate of drug-likeness (QED) is 0.114. The first-order valence-corrected chi connectivity index (χ1v) is 20.8. The third kappa shape index (κ3) is 7.91. The van der Waals surface area contributed by atoms with Gasteiger partial charge in [-0.2, -0.15) is 0 Å². The van der Waals surface area contributed by atoms with Gasteiger partial charge in [0.15, 0.2) is 8.32 Å². The predicted octanol–water partition coefficient (Wildman–Crippen LogP) is 5.83. The van der Waals surface area contributed by atoms with Crippen LogP contribution in [0.3, 0.4) is 0 Å². The fourth-order valence-corrected chi connectivity index (χ4v) is 10.6. The highest BCUT2D eigenvalue weighted by molar-refractivity contribution is 9.03. The van der Waals surface area contributed by atoms with Crippen LogP contribution in [0.5, 0.6) is 0 Å². The molecule has 3 rings (SSSR count). The van der Waals surface area contributed by atoms with Gasteiger partial charge in [-0.1, -0.05) is 43.4 Å². The minimum Gasteiger partial charge on any atom is -0.414 e. The number of nitrogens with one attached hydrogen (secondary N) is 1. The Hall–Kier alpha value is -1.25. The number of non-ortho nitro benzene ring substituents is 1. The largest absolute Gasteiger partial charge is 0.414 e. The lowest BCUT2D eigenvalue weighted by Crippen LogP contribution is -2.44. The topological polar surface area (TPSA) is 126 Å². The van der Waals surface area contributed by atoms with Gasteiger partial charge in [0.2, 0.25) is 0 Å². The van der Waals surface area contributed by atoms with Crippen LogP contribution in [-0.2, 0) is 25.5 Å². The fraction of sp³-hybridized carbons (Fsp3) is 0.565. The van der Waals surface area contributed by atoms with Crippen LogP contribution in [-0.4, -0.2) is 48.3 Å². The molecule has 1 aliphatic heterocycles. The number of nitrogens with zero attached hydrogens (tertiary/aromatic N) is 2. The lowest BCUT2D eigenvalue weighted by molar-refractivity contribution is -0.384. The van der Waals surface area contributed by atoms with Gasteiger partial charge in [-0.25, -0.2) is 4.79 Å². The van der Waals surface area contributed by atoms with Crippen molar-refractivity contribution in [1.82, 2.24) is 9.55 Å². The van der Waals surface area contributed by atoms with Crippen molar-refractivity contribution in [1.29, 1.82) is 0 Å². The molecule has 0 spiro atoms. The van der Waals surface area contributed by atoms with Gasteiger partial charge in [-0.15, -0.1) is 0 Å². The number of aryl methyl sites for hydroxylation is 1. The summed E-state index contributed by atoms with van der Waals surface area (Å²) in [6.07, 6.45) is 0.344. The first-order chi connectivity index (χ1) is 17.5. The summed E-state index contributed by atoms with van der Waals surface area (Å²) in [5.41, 5.74) is -2.96. The Morgan fingerprint density at radius 2 is 1.92 bits per heavy atom. The molecule has 1 unspecified atom stereocenters. The Balaban J connectivity index is 1.77. The first-order valence-electron chi connectivity index (χ1n) is 12.0. The molecule has 1 aliphatic rings. The van der Waals surface area contributed by atoms with E-state index in [1.54, 1.807) is 19.1 Å². The number of H-pyrrole nitrogens is 1. The Bertz CT molecular complexity index is 1330. The van der Waals surface area contributed by atoms with Crippen LogP contribution < -0.4 is 11.2 Å². The molecule has 4 atom stereocenters. The number of aromatic amines is 1. The van der Waals surface area contributed by atoms with Gasteiger partial charge >= 0.3 is 5.69 Å². The van der Waals surface area contributed by atoms with Gasteiger partial charge in [0.05, 0.1) is 17.6 Å². The molecule has 1 aromatic heterocycles. The zero-order valence-electron chi connectivity index (χ0n) is 22.5. The van der Waals surface area contributed by atoms with Crippen molar-refractivity contribution in [2.24, 2.45) is 0 Å². The van der Waals surface area contributed by atoms with E-state index >= 15 is 0 Å². The summed E-state index contributed by atoms with van der Waals surface area (Å²) in [6, 6.07) is 6.27. The zero-order valence-corrected chi connectivity index (χ0v) is 26.8. The molecule has 1 N–H and O–H groups in total. The maximum absolute atomic E-state index is 12.6. The van der Waals surface area contributed by atoms with Gasteiger partial charge in [0, 0.05) is 35.2 Å². The van der Waals surface area contributed by atoms with Gasteiger partial charge in [-0.3, -0.25) is 24.5 Å². The summed E-state index contributed by atoms with van der Waals surface area (Å²) in [5, 5.41) is 10.9. The average molecular weight is 620 g/mol. The van der Waals surface area contributed by atoms with E-state index in [4.69, 9.17) is 25.5 Å². The van der Waals surface area contributed by atoms with Crippen molar-refractivity contribution in [2.45, 2.75) is 75.6 Å². The molecule has 2 heterocycles. The van der Waals surface area contributed by atoms with E-state index in [1.807, 2.05) is 6.66 Å². The van der Waals surface area contributed by atoms with Gasteiger partial charge in [0.1, 0.15) is 17.8 Å². The number of aromatic nitrogens is 2. The number of nitro benzene ring substituents is 1. The number of hydrogen-bond acceptors (Lipinski definition) is 10. The lowest BCUT2D eigenvalue weighted by atomic mass is 10.2. The zero-order chi connectivity index (χ0) is 28.5. The molecule has 0 bridgehead atoms. The lowest BCUT2D eigenvalue weighted by Gasteiger charge is -2.37. The van der Waals surface area contributed by atoms with E-state index in [2.05, 4.69) is 38.8 Å². The summed E-state index contributed by atoms with van der Waals surface area (Å²) in [6.45, 7) is 14.6. The fourth-order valence-electron chi connectivity index (χ4n) is 3.44. The number of ether oxygens (including phenoxy) is 1. The van der Waals surface area contributed by atoms with Crippen LogP contribution in [0.15, 0.2) is 44.9 Å². The molecular weight excluding hydrogens is 586 g/mol. The Morgan fingerprint density at radius 3 is 2.50 bits per heavy atom. The van der Waals surface area contributed by atoms with Crippen molar-refractivity contribution < 1.29 is 18.6 Å². The number of benzene rings is 1. The molecule has 0 aliphatic carbocycles. The van der Waals surface area contributed by atoms with Crippen molar-refractivity contribution in [3.8, 4) is 0 Å². The summed E-state index contributed by atoms with van der Waals surface area (Å²) in [7, 11) is 0.738. The molecule has 0 radical (unpaired) electrons. The standard InChI is InChI=1S/C23H34N3O7PS3Si/c1-15-13-25(22(28)24-21(15)27)20-12-18(19(32-20)14-31-38(6,7)23(2,3)4)33-34(5,35)37-36-17-10-8-16(9-11-17)26(29)30/h8-11,13,18-20H,12,14H2,1-7H3,(H,24,27,28)/t18-,19+,20+,34?/m0/s1. The number of hydrogen-bond donors (Lipinski definition) is 1. The van der Waals surface area contributed by atoms with Crippen LogP contribution in [0.2, 0.25) is 18.1 Å². The molecule has 38 heavy (non-hydrogen) atoms. The minimum absolute atomic E-state index is 0.00506. The van der Waals surface area contributed by atoms with Gasteiger partial charge in [0.25, 0.3) is 11.2 Å². The van der Waals surface area contributed by atoms with Crippen LogP contribution in [0.4, 0.5) is 5.69 Å². The monoisotopic (exact) mass is 619 g/mol. The minimum atomic E-state index is -2.41. The highest BCUT2D eigenvalue weighted by Crippen LogP contribution is 2.65. The van der Waals surface area contributed by atoms with E-state index in [9.17, 15) is 19.7 Å². The van der Waals surface area contributed by atoms with Gasteiger partial charge < -0.3 is 13.7 Å². The summed E-state index contributed by atoms with van der Waals surface area (Å²) in [5.74, 6) is 0. The third-order valence-electron chi connectivity index (χ3n) is 6.69. The van der Waals surface area contributed by atoms with E-state index < -0.39 is 48.4 Å². The highest BCUT2D eigenvalue weighted by atomic mass is 33.4. The molecule has 0 saturated carbocycles. The normalized spacial score (nSPS) is 21.8. The smallest absolute Gasteiger partial charge is 0.330 e. The predicted molar refractivity (Wildman–Crippen MR) is 159 cm³/mol. The van der Waals surface area contributed by atoms with Crippen molar-refractivity contribution in [2.75, 3.05) is 13.3 Å². The average Bonchev–Trinajstić information content (AvgIpc) is 3.20. The maximum atomic E-state index is 12.6. The Morgan fingerprint density at radius 1 is 1.29 bits per heavy atom. The third-order valence-corrected chi connectivity index (χ3v) is 19.5. The molecule has 2 aromatic rings. The SMILES string of the molecule is Cc1cn([C@H]2C[C@H](OP(C)(=S)SSc3ccc([N+](=O)[O-])cc3)[C@@H](CO[Si](C)(C)C(C)(C)C)O2)c(=O)[nH]c1=O. The van der Waals surface area contributed by atoms with Crippen molar-refractivity contribution >= 4 is 52.5 Å². The Labute approximate surface area is 235 Å². The molecule has 1 saturated heterocycles.